The molecule has 0 aliphatic carbocycles. The van der Waals surface area contributed by atoms with Crippen LogP contribution < -0.4 is 11.3 Å². The van der Waals surface area contributed by atoms with Gasteiger partial charge in [-0.05, 0) is 33.1 Å². The smallest absolute Gasteiger partial charge is 0.0946 e. The molecule has 1 aliphatic rings. The lowest BCUT2D eigenvalue weighted by molar-refractivity contribution is 0.0946. The van der Waals surface area contributed by atoms with Crippen LogP contribution in [0.25, 0.3) is 0 Å². The van der Waals surface area contributed by atoms with Gasteiger partial charge in [0.25, 0.3) is 0 Å². The second kappa shape index (κ2) is 5.91. The van der Waals surface area contributed by atoms with Crippen molar-refractivity contribution in [3.05, 3.63) is 15.6 Å². The summed E-state index contributed by atoms with van der Waals surface area (Å²) in [5, 5.41) is 1.17. The van der Waals surface area contributed by atoms with Gasteiger partial charge in [0.15, 0.2) is 0 Å². The highest BCUT2D eigenvalue weighted by atomic mass is 32.1. The van der Waals surface area contributed by atoms with Gasteiger partial charge in [0.05, 0.1) is 16.8 Å². The highest BCUT2D eigenvalue weighted by Crippen LogP contribution is 2.21. The van der Waals surface area contributed by atoms with E-state index in [0.29, 0.717) is 6.10 Å². The summed E-state index contributed by atoms with van der Waals surface area (Å²) in [6.07, 6.45) is 4.59. The monoisotopic (exact) mass is 255 g/mol. The Morgan fingerprint density at radius 2 is 2.41 bits per heavy atom. The molecule has 2 rings (SSSR count). The third-order valence-corrected chi connectivity index (χ3v) is 4.40. The van der Waals surface area contributed by atoms with E-state index in [2.05, 4.69) is 24.3 Å². The molecular weight excluding hydrogens is 234 g/mol. The van der Waals surface area contributed by atoms with Crippen LogP contribution in [0.2, 0.25) is 0 Å². The SMILES string of the molecule is Cc1nc(CC(CC2CCCO2)NN)sc1C. The van der Waals surface area contributed by atoms with Crippen molar-refractivity contribution < 1.29 is 4.74 Å². The Morgan fingerprint density at radius 3 is 2.94 bits per heavy atom. The van der Waals surface area contributed by atoms with Crippen LogP contribution in [0.5, 0.6) is 0 Å². The number of nitrogens with one attached hydrogen (secondary N) is 1. The van der Waals surface area contributed by atoms with Crippen molar-refractivity contribution in [2.24, 2.45) is 5.84 Å². The van der Waals surface area contributed by atoms with Gasteiger partial charge in [0.1, 0.15) is 0 Å². The maximum absolute atomic E-state index is 5.64. The van der Waals surface area contributed by atoms with Gasteiger partial charge in [0, 0.05) is 23.9 Å². The minimum absolute atomic E-state index is 0.267. The van der Waals surface area contributed by atoms with Crippen molar-refractivity contribution in [3.63, 3.8) is 0 Å². The molecule has 5 heteroatoms. The van der Waals surface area contributed by atoms with Crippen LogP contribution in [0.15, 0.2) is 0 Å². The van der Waals surface area contributed by atoms with Crippen molar-refractivity contribution in [2.75, 3.05) is 6.61 Å². The minimum Gasteiger partial charge on any atom is -0.378 e. The molecule has 1 aromatic rings. The molecule has 0 aromatic carbocycles. The molecule has 17 heavy (non-hydrogen) atoms. The van der Waals surface area contributed by atoms with Crippen molar-refractivity contribution >= 4 is 11.3 Å². The van der Waals surface area contributed by atoms with Crippen LogP contribution >= 0.6 is 11.3 Å². The molecule has 3 N–H and O–H groups in total. The van der Waals surface area contributed by atoms with Crippen molar-refractivity contribution in [2.45, 2.75) is 51.7 Å². The molecule has 2 atom stereocenters. The molecule has 2 unspecified atom stereocenters. The molecule has 2 heterocycles. The van der Waals surface area contributed by atoms with E-state index >= 15 is 0 Å². The van der Waals surface area contributed by atoms with Gasteiger partial charge in [-0.1, -0.05) is 0 Å². The number of nitrogens with two attached hydrogens (primary N) is 1. The first kappa shape index (κ1) is 13.0. The lowest BCUT2D eigenvalue weighted by Gasteiger charge is -2.18. The van der Waals surface area contributed by atoms with Crippen LogP contribution in [0.1, 0.15) is 34.8 Å². The first-order valence-electron chi connectivity index (χ1n) is 6.19. The molecule has 1 fully saturated rings. The lowest BCUT2D eigenvalue weighted by Crippen LogP contribution is -2.39. The number of aryl methyl sites for hydroxylation is 2. The van der Waals surface area contributed by atoms with Crippen molar-refractivity contribution in [1.29, 1.82) is 0 Å². The summed E-state index contributed by atoms with van der Waals surface area (Å²) in [4.78, 5) is 5.85. The van der Waals surface area contributed by atoms with Gasteiger partial charge in [0.2, 0.25) is 0 Å². The second-order valence-electron chi connectivity index (χ2n) is 4.69. The summed E-state index contributed by atoms with van der Waals surface area (Å²) in [6, 6.07) is 0.267. The van der Waals surface area contributed by atoms with Gasteiger partial charge in [-0.2, -0.15) is 0 Å². The summed E-state index contributed by atoms with van der Waals surface area (Å²) in [5.41, 5.74) is 4.03. The van der Waals surface area contributed by atoms with Gasteiger partial charge < -0.3 is 4.74 Å². The zero-order chi connectivity index (χ0) is 12.3. The Labute approximate surface area is 107 Å². The Kier molecular flexibility index (Phi) is 4.50. The van der Waals surface area contributed by atoms with Gasteiger partial charge in [-0.3, -0.25) is 11.3 Å². The second-order valence-corrected chi connectivity index (χ2v) is 5.98. The quantitative estimate of drug-likeness (QED) is 0.621. The topological polar surface area (TPSA) is 60.2 Å². The van der Waals surface area contributed by atoms with E-state index in [0.717, 1.165) is 31.6 Å². The first-order valence-corrected chi connectivity index (χ1v) is 7.01. The molecule has 0 amide bonds. The van der Waals surface area contributed by atoms with Crippen molar-refractivity contribution in [3.8, 4) is 0 Å². The molecular formula is C12H21N3OS. The molecule has 0 bridgehead atoms. The Balaban J connectivity index is 1.89. The molecule has 0 radical (unpaired) electrons. The standard InChI is InChI=1S/C12H21N3OS/c1-8-9(2)17-12(14-8)7-10(15-13)6-11-4-3-5-16-11/h10-11,15H,3-7,13H2,1-2H3. The molecule has 96 valence electrons. The van der Waals surface area contributed by atoms with Crippen LogP contribution in [-0.4, -0.2) is 23.7 Å². The van der Waals surface area contributed by atoms with Gasteiger partial charge >= 0.3 is 0 Å². The fraction of sp³-hybridized carbons (Fsp3) is 0.750. The molecule has 0 saturated carbocycles. The van der Waals surface area contributed by atoms with Crippen LogP contribution in [0.3, 0.4) is 0 Å². The molecule has 0 spiro atoms. The zero-order valence-corrected chi connectivity index (χ0v) is 11.3. The number of hydrogen-bond donors (Lipinski definition) is 2. The minimum atomic E-state index is 0.267. The predicted molar refractivity (Wildman–Crippen MR) is 70.0 cm³/mol. The van der Waals surface area contributed by atoms with E-state index in [1.807, 2.05) is 0 Å². The normalized spacial score (nSPS) is 21.9. The van der Waals surface area contributed by atoms with E-state index < -0.39 is 0 Å². The average Bonchev–Trinajstić information content (AvgIpc) is 2.89. The molecule has 1 aromatic heterocycles. The summed E-state index contributed by atoms with van der Waals surface area (Å²) < 4.78 is 5.64. The number of hydrogen-bond acceptors (Lipinski definition) is 5. The number of hydrazine groups is 1. The third kappa shape index (κ3) is 3.48. The maximum atomic E-state index is 5.64. The highest BCUT2D eigenvalue weighted by molar-refractivity contribution is 7.11. The maximum Gasteiger partial charge on any atom is 0.0946 e. The number of thiazole rings is 1. The third-order valence-electron chi connectivity index (χ3n) is 3.30. The predicted octanol–water partition coefficient (Wildman–Crippen LogP) is 1.70. The average molecular weight is 255 g/mol. The van der Waals surface area contributed by atoms with E-state index in [-0.39, 0.29) is 6.04 Å². The largest absolute Gasteiger partial charge is 0.378 e. The molecule has 1 aliphatic heterocycles. The Morgan fingerprint density at radius 1 is 1.59 bits per heavy atom. The van der Waals surface area contributed by atoms with E-state index in [4.69, 9.17) is 10.6 Å². The number of rotatable bonds is 5. The van der Waals surface area contributed by atoms with E-state index in [1.165, 1.54) is 16.3 Å². The Hall–Kier alpha value is -0.490. The summed E-state index contributed by atoms with van der Waals surface area (Å²) in [7, 11) is 0. The first-order chi connectivity index (χ1) is 8.19. The summed E-state index contributed by atoms with van der Waals surface area (Å²) in [6.45, 7) is 5.07. The highest BCUT2D eigenvalue weighted by Gasteiger charge is 2.21. The van der Waals surface area contributed by atoms with Crippen LogP contribution in [0.4, 0.5) is 0 Å². The number of ether oxygens (including phenoxy) is 1. The zero-order valence-electron chi connectivity index (χ0n) is 10.5. The van der Waals surface area contributed by atoms with Crippen LogP contribution in [0, 0.1) is 13.8 Å². The summed E-state index contributed by atoms with van der Waals surface area (Å²) >= 11 is 1.77. The van der Waals surface area contributed by atoms with Crippen LogP contribution in [-0.2, 0) is 11.2 Å². The fourth-order valence-corrected chi connectivity index (χ4v) is 3.21. The Bertz CT molecular complexity index is 341. The number of nitrogens with zero attached hydrogens (tertiary/aromatic N) is 1. The van der Waals surface area contributed by atoms with Crippen molar-refractivity contribution in [1.82, 2.24) is 10.4 Å². The van der Waals surface area contributed by atoms with E-state index in [9.17, 15) is 0 Å². The fourth-order valence-electron chi connectivity index (χ4n) is 2.20. The molecule has 4 nitrogen and oxygen atoms in total. The summed E-state index contributed by atoms with van der Waals surface area (Å²) in [5.74, 6) is 5.61. The van der Waals surface area contributed by atoms with Gasteiger partial charge in [-0.15, -0.1) is 11.3 Å². The number of aromatic nitrogens is 1. The molecule has 1 saturated heterocycles. The van der Waals surface area contributed by atoms with Gasteiger partial charge in [-0.25, -0.2) is 4.98 Å². The van der Waals surface area contributed by atoms with E-state index in [1.54, 1.807) is 11.3 Å². The lowest BCUT2D eigenvalue weighted by atomic mass is 10.1.